The highest BCUT2D eigenvalue weighted by molar-refractivity contribution is 14.0. The third kappa shape index (κ3) is 8.88. The van der Waals surface area contributed by atoms with Crippen LogP contribution < -0.4 is 16.0 Å². The van der Waals surface area contributed by atoms with Gasteiger partial charge in [-0.25, -0.2) is 4.99 Å². The minimum absolute atomic E-state index is 0. The third-order valence-corrected chi connectivity index (χ3v) is 2.70. The normalized spacial score (nSPS) is 10.8. The summed E-state index contributed by atoms with van der Waals surface area (Å²) in [5.74, 6) is 0.542. The minimum atomic E-state index is -0.0858. The van der Waals surface area contributed by atoms with Gasteiger partial charge in [0.15, 0.2) is 5.96 Å². The van der Waals surface area contributed by atoms with Crippen molar-refractivity contribution >= 4 is 35.8 Å². The van der Waals surface area contributed by atoms with Crippen LogP contribution >= 0.6 is 24.0 Å². The molecule has 3 N–H and O–H groups in total. The minimum Gasteiger partial charge on any atom is -0.383 e. The number of methoxy groups -OCH3 is 1. The van der Waals surface area contributed by atoms with E-state index in [1.807, 2.05) is 37.0 Å². The molecule has 0 aliphatic rings. The molecule has 0 radical (unpaired) electrons. The zero-order chi connectivity index (χ0) is 15.5. The Kier molecular flexibility index (Phi) is 11.6. The van der Waals surface area contributed by atoms with E-state index in [4.69, 9.17) is 4.74 Å². The van der Waals surface area contributed by atoms with Gasteiger partial charge in [-0.15, -0.1) is 24.0 Å². The van der Waals surface area contributed by atoms with Crippen molar-refractivity contribution in [2.24, 2.45) is 12.0 Å². The summed E-state index contributed by atoms with van der Waals surface area (Å²) >= 11 is 0. The fourth-order valence-corrected chi connectivity index (χ4v) is 1.69. The molecule has 0 aliphatic heterocycles. The van der Waals surface area contributed by atoms with E-state index in [1.165, 1.54) is 0 Å². The molecule has 1 amide bonds. The van der Waals surface area contributed by atoms with Gasteiger partial charge in [-0.2, -0.15) is 0 Å². The molecule has 1 aromatic heterocycles. The molecular formula is C14H26IN5O2. The molecule has 22 heavy (non-hydrogen) atoms. The van der Waals surface area contributed by atoms with Crippen molar-refractivity contribution in [3.05, 3.63) is 24.0 Å². The van der Waals surface area contributed by atoms with Crippen molar-refractivity contribution in [1.29, 1.82) is 0 Å². The number of aryl methyl sites for hydroxylation is 1. The van der Waals surface area contributed by atoms with Crippen LogP contribution in [-0.2, 0) is 23.1 Å². The Hall–Kier alpha value is -1.29. The van der Waals surface area contributed by atoms with Crippen molar-refractivity contribution in [2.45, 2.75) is 13.5 Å². The second-order valence-electron chi connectivity index (χ2n) is 4.58. The molecule has 0 fully saturated rings. The summed E-state index contributed by atoms with van der Waals surface area (Å²) in [5, 5.41) is 8.86. The molecule has 0 saturated heterocycles. The van der Waals surface area contributed by atoms with Crippen LogP contribution in [0.2, 0.25) is 0 Å². The molecule has 0 spiro atoms. The van der Waals surface area contributed by atoms with E-state index >= 15 is 0 Å². The van der Waals surface area contributed by atoms with Gasteiger partial charge in [0.2, 0.25) is 5.91 Å². The summed E-state index contributed by atoms with van der Waals surface area (Å²) in [5.41, 5.74) is 1.12. The maximum absolute atomic E-state index is 11.6. The van der Waals surface area contributed by atoms with Gasteiger partial charge in [0.1, 0.15) is 0 Å². The monoisotopic (exact) mass is 423 g/mol. The maximum atomic E-state index is 11.6. The van der Waals surface area contributed by atoms with E-state index in [1.54, 1.807) is 7.11 Å². The molecule has 8 heteroatoms. The average Bonchev–Trinajstić information content (AvgIpc) is 2.88. The molecular weight excluding hydrogens is 397 g/mol. The van der Waals surface area contributed by atoms with Crippen molar-refractivity contribution < 1.29 is 9.53 Å². The molecule has 0 aromatic carbocycles. The first-order chi connectivity index (χ1) is 10.2. The molecule has 1 rings (SSSR count). The highest BCUT2D eigenvalue weighted by Crippen LogP contribution is 2.00. The van der Waals surface area contributed by atoms with E-state index in [-0.39, 0.29) is 36.4 Å². The Morgan fingerprint density at radius 1 is 1.36 bits per heavy atom. The van der Waals surface area contributed by atoms with Crippen LogP contribution in [0.5, 0.6) is 0 Å². The summed E-state index contributed by atoms with van der Waals surface area (Å²) in [7, 11) is 3.57. The number of halogens is 1. The number of rotatable bonds is 8. The fraction of sp³-hybridized carbons (Fsp3) is 0.571. The van der Waals surface area contributed by atoms with Crippen molar-refractivity contribution in [3.63, 3.8) is 0 Å². The van der Waals surface area contributed by atoms with Crippen LogP contribution in [0.25, 0.3) is 0 Å². The molecule has 0 bridgehead atoms. The quantitative estimate of drug-likeness (QED) is 0.246. The molecule has 0 aliphatic carbocycles. The first kappa shape index (κ1) is 20.7. The summed E-state index contributed by atoms with van der Waals surface area (Å²) in [6.07, 6.45) is 4.00. The van der Waals surface area contributed by atoms with Gasteiger partial charge in [-0.1, -0.05) is 0 Å². The Labute approximate surface area is 148 Å². The SMILES string of the molecule is CCNC(=NCc1ccn(C)c1)NCC(=O)NCCOC.I. The number of carbonyl (C=O) groups is 1. The zero-order valence-electron chi connectivity index (χ0n) is 13.4. The largest absolute Gasteiger partial charge is 0.383 e. The molecule has 1 heterocycles. The summed E-state index contributed by atoms with van der Waals surface area (Å²) in [6, 6.07) is 2.02. The lowest BCUT2D eigenvalue weighted by atomic mass is 10.3. The second-order valence-corrected chi connectivity index (χ2v) is 4.58. The van der Waals surface area contributed by atoms with Gasteiger partial charge in [0, 0.05) is 39.6 Å². The van der Waals surface area contributed by atoms with Crippen LogP contribution in [-0.4, -0.2) is 49.8 Å². The first-order valence-corrected chi connectivity index (χ1v) is 7.04. The van der Waals surface area contributed by atoms with Gasteiger partial charge >= 0.3 is 0 Å². The highest BCUT2D eigenvalue weighted by atomic mass is 127. The number of nitrogens with one attached hydrogen (secondary N) is 3. The number of hydrogen-bond donors (Lipinski definition) is 3. The number of hydrogen-bond acceptors (Lipinski definition) is 3. The van der Waals surface area contributed by atoms with Gasteiger partial charge in [-0.05, 0) is 18.6 Å². The highest BCUT2D eigenvalue weighted by Gasteiger charge is 2.03. The van der Waals surface area contributed by atoms with Crippen molar-refractivity contribution in [3.8, 4) is 0 Å². The lowest BCUT2D eigenvalue weighted by Gasteiger charge is -2.11. The summed E-state index contributed by atoms with van der Waals surface area (Å²) < 4.78 is 6.85. The predicted molar refractivity (Wildman–Crippen MR) is 98.5 cm³/mol. The van der Waals surface area contributed by atoms with Crippen LogP contribution in [0, 0.1) is 0 Å². The summed E-state index contributed by atoms with van der Waals surface area (Å²) in [4.78, 5) is 16.0. The van der Waals surface area contributed by atoms with Crippen LogP contribution in [0.15, 0.2) is 23.5 Å². The standard InChI is InChI=1S/C14H25N5O2.HI/c1-4-15-14(17-9-12-5-7-19(2)11-12)18-10-13(20)16-6-8-21-3;/h5,7,11H,4,6,8-10H2,1-3H3,(H,16,20)(H2,15,17,18);1H. The first-order valence-electron chi connectivity index (χ1n) is 7.04. The average molecular weight is 423 g/mol. The van der Waals surface area contributed by atoms with E-state index in [0.29, 0.717) is 25.7 Å². The van der Waals surface area contributed by atoms with E-state index in [2.05, 4.69) is 20.9 Å². The van der Waals surface area contributed by atoms with Gasteiger partial charge in [0.05, 0.1) is 19.7 Å². The Bertz CT molecular complexity index is 462. The number of amides is 1. The predicted octanol–water partition coefficient (Wildman–Crippen LogP) is 0.461. The van der Waals surface area contributed by atoms with Crippen LogP contribution in [0.4, 0.5) is 0 Å². The number of ether oxygens (including phenoxy) is 1. The maximum Gasteiger partial charge on any atom is 0.239 e. The topological polar surface area (TPSA) is 79.7 Å². The lowest BCUT2D eigenvalue weighted by molar-refractivity contribution is -0.120. The van der Waals surface area contributed by atoms with E-state index in [9.17, 15) is 4.79 Å². The molecule has 0 saturated carbocycles. The number of aromatic nitrogens is 1. The zero-order valence-corrected chi connectivity index (χ0v) is 15.7. The smallest absolute Gasteiger partial charge is 0.239 e. The van der Waals surface area contributed by atoms with Crippen LogP contribution in [0.1, 0.15) is 12.5 Å². The number of nitrogens with zero attached hydrogens (tertiary/aromatic N) is 2. The van der Waals surface area contributed by atoms with Crippen molar-refractivity contribution in [2.75, 3.05) is 33.4 Å². The molecule has 126 valence electrons. The number of carbonyl (C=O) groups excluding carboxylic acids is 1. The molecule has 7 nitrogen and oxygen atoms in total. The lowest BCUT2D eigenvalue weighted by Crippen LogP contribution is -2.43. The van der Waals surface area contributed by atoms with E-state index < -0.39 is 0 Å². The van der Waals surface area contributed by atoms with Crippen molar-refractivity contribution in [1.82, 2.24) is 20.5 Å². The Morgan fingerprint density at radius 2 is 2.14 bits per heavy atom. The number of guanidine groups is 1. The third-order valence-electron chi connectivity index (χ3n) is 2.70. The Morgan fingerprint density at radius 3 is 2.73 bits per heavy atom. The van der Waals surface area contributed by atoms with E-state index in [0.717, 1.165) is 12.1 Å². The van der Waals surface area contributed by atoms with Crippen LogP contribution in [0.3, 0.4) is 0 Å². The summed E-state index contributed by atoms with van der Waals surface area (Å²) in [6.45, 7) is 4.50. The fourth-order valence-electron chi connectivity index (χ4n) is 1.69. The van der Waals surface area contributed by atoms with Gasteiger partial charge < -0.3 is 25.3 Å². The number of aliphatic imine (C=N–C) groups is 1. The Balaban J connectivity index is 0.00000441. The second kappa shape index (κ2) is 12.3. The molecule has 1 aromatic rings. The molecule has 0 atom stereocenters. The molecule has 0 unspecified atom stereocenters. The van der Waals surface area contributed by atoms with Gasteiger partial charge in [0.25, 0.3) is 0 Å². The van der Waals surface area contributed by atoms with Gasteiger partial charge in [-0.3, -0.25) is 4.79 Å².